The highest BCUT2D eigenvalue weighted by Gasteiger charge is 2.16. The monoisotopic (exact) mass is 345 g/mol. The molecule has 2 N–H and O–H groups in total. The van der Waals surface area contributed by atoms with Crippen molar-refractivity contribution in [2.75, 3.05) is 12.4 Å². The average molecular weight is 345 g/mol. The topological polar surface area (TPSA) is 100 Å². The molecular formula is C17H23N5O3. The van der Waals surface area contributed by atoms with E-state index >= 15 is 0 Å². The summed E-state index contributed by atoms with van der Waals surface area (Å²) in [7, 11) is 1.66. The number of anilines is 1. The van der Waals surface area contributed by atoms with Crippen molar-refractivity contribution in [1.29, 1.82) is 0 Å². The minimum Gasteiger partial charge on any atom is -0.337 e. The Morgan fingerprint density at radius 1 is 1.36 bits per heavy atom. The van der Waals surface area contributed by atoms with Crippen LogP contribution in [0.5, 0.6) is 0 Å². The van der Waals surface area contributed by atoms with E-state index in [0.717, 1.165) is 5.56 Å². The fourth-order valence-electron chi connectivity index (χ4n) is 2.24. The summed E-state index contributed by atoms with van der Waals surface area (Å²) in [5, 5.41) is 9.44. The van der Waals surface area contributed by atoms with Gasteiger partial charge in [-0.05, 0) is 24.6 Å². The lowest BCUT2D eigenvalue weighted by Gasteiger charge is -2.20. The summed E-state index contributed by atoms with van der Waals surface area (Å²) in [6, 6.07) is 6.87. The van der Waals surface area contributed by atoms with Crippen LogP contribution in [-0.2, 0) is 17.8 Å². The highest BCUT2D eigenvalue weighted by molar-refractivity contribution is 5.88. The van der Waals surface area contributed by atoms with E-state index in [0.29, 0.717) is 23.8 Å². The molecule has 3 amide bonds. The molecule has 0 bridgehead atoms. The minimum absolute atomic E-state index is 0.139. The summed E-state index contributed by atoms with van der Waals surface area (Å²) in [6.45, 7) is 5.49. The zero-order chi connectivity index (χ0) is 18.4. The summed E-state index contributed by atoms with van der Waals surface area (Å²) < 4.78 is 5.10. The molecule has 0 aliphatic carbocycles. The highest BCUT2D eigenvalue weighted by Crippen LogP contribution is 2.17. The predicted octanol–water partition coefficient (Wildman–Crippen LogP) is 2.49. The van der Waals surface area contributed by atoms with Crippen molar-refractivity contribution in [2.45, 2.75) is 39.8 Å². The van der Waals surface area contributed by atoms with Gasteiger partial charge in [-0.15, -0.1) is 0 Å². The molecule has 0 spiro atoms. The fourth-order valence-corrected chi connectivity index (χ4v) is 2.24. The Morgan fingerprint density at radius 3 is 2.76 bits per heavy atom. The Kier molecular flexibility index (Phi) is 6.10. The van der Waals surface area contributed by atoms with Crippen molar-refractivity contribution in [2.24, 2.45) is 0 Å². The van der Waals surface area contributed by atoms with Crippen LogP contribution in [0, 0.1) is 0 Å². The first-order valence-corrected chi connectivity index (χ1v) is 8.09. The number of nitrogens with one attached hydrogen (secondary N) is 2. The molecule has 0 saturated heterocycles. The van der Waals surface area contributed by atoms with E-state index in [1.807, 2.05) is 32.0 Å². The first-order chi connectivity index (χ1) is 11.9. The molecule has 1 heterocycles. The zero-order valence-electron chi connectivity index (χ0n) is 14.9. The first kappa shape index (κ1) is 18.4. The number of hydrogen-bond donors (Lipinski definition) is 2. The molecule has 2 rings (SSSR count). The lowest BCUT2D eigenvalue weighted by molar-refractivity contribution is -0.114. The average Bonchev–Trinajstić information content (AvgIpc) is 3.02. The molecule has 1 atom stereocenters. The number of urea groups is 1. The van der Waals surface area contributed by atoms with Crippen LogP contribution >= 0.6 is 0 Å². The third kappa shape index (κ3) is 5.30. The molecule has 25 heavy (non-hydrogen) atoms. The van der Waals surface area contributed by atoms with Crippen LogP contribution in [0.1, 0.15) is 44.1 Å². The summed E-state index contributed by atoms with van der Waals surface area (Å²) in [5.74, 6) is 0.876. The Hall–Kier alpha value is -2.90. The first-order valence-electron chi connectivity index (χ1n) is 8.09. The molecule has 0 saturated carbocycles. The molecule has 8 nitrogen and oxygen atoms in total. The molecule has 0 aliphatic rings. The summed E-state index contributed by atoms with van der Waals surface area (Å²) >= 11 is 0. The molecule has 8 heteroatoms. The minimum atomic E-state index is -0.256. The van der Waals surface area contributed by atoms with E-state index in [-0.39, 0.29) is 24.5 Å². The van der Waals surface area contributed by atoms with Crippen LogP contribution in [-0.4, -0.2) is 34.0 Å². The lowest BCUT2D eigenvalue weighted by Crippen LogP contribution is -2.38. The van der Waals surface area contributed by atoms with E-state index in [9.17, 15) is 9.59 Å². The van der Waals surface area contributed by atoms with Crippen LogP contribution in [0.4, 0.5) is 10.5 Å². The van der Waals surface area contributed by atoms with Gasteiger partial charge in [0.1, 0.15) is 6.54 Å². The van der Waals surface area contributed by atoms with E-state index < -0.39 is 0 Å². The second-order valence-corrected chi connectivity index (χ2v) is 5.79. The van der Waals surface area contributed by atoms with Gasteiger partial charge in [0.2, 0.25) is 11.8 Å². The molecule has 134 valence electrons. The van der Waals surface area contributed by atoms with Crippen LogP contribution in [0.2, 0.25) is 0 Å². The third-order valence-electron chi connectivity index (χ3n) is 3.59. The van der Waals surface area contributed by atoms with Gasteiger partial charge in [0, 0.05) is 26.1 Å². The van der Waals surface area contributed by atoms with E-state index in [4.69, 9.17) is 4.52 Å². The number of carbonyl (C=O) groups excluding carboxylic acids is 2. The smallest absolute Gasteiger partial charge is 0.318 e. The number of rotatable bonds is 6. The van der Waals surface area contributed by atoms with Crippen molar-refractivity contribution in [3.8, 4) is 0 Å². The molecule has 0 fully saturated rings. The second kappa shape index (κ2) is 8.27. The van der Waals surface area contributed by atoms with Crippen molar-refractivity contribution in [3.63, 3.8) is 0 Å². The summed E-state index contributed by atoms with van der Waals surface area (Å²) in [5.41, 5.74) is 1.58. The van der Waals surface area contributed by atoms with Gasteiger partial charge in [-0.2, -0.15) is 4.98 Å². The van der Waals surface area contributed by atoms with Gasteiger partial charge >= 0.3 is 6.03 Å². The maximum Gasteiger partial charge on any atom is 0.318 e. The van der Waals surface area contributed by atoms with Crippen LogP contribution in [0.3, 0.4) is 0 Å². The molecule has 0 aliphatic heterocycles. The van der Waals surface area contributed by atoms with Crippen LogP contribution in [0.25, 0.3) is 0 Å². The largest absolute Gasteiger partial charge is 0.337 e. The molecule has 1 aromatic heterocycles. The van der Waals surface area contributed by atoms with Gasteiger partial charge < -0.3 is 20.1 Å². The number of hydrogen-bond acceptors (Lipinski definition) is 5. The van der Waals surface area contributed by atoms with Crippen molar-refractivity contribution in [1.82, 2.24) is 20.4 Å². The maximum atomic E-state index is 12.3. The van der Waals surface area contributed by atoms with Crippen molar-refractivity contribution in [3.05, 3.63) is 41.5 Å². The number of nitrogens with zero attached hydrogens (tertiary/aromatic N) is 3. The predicted molar refractivity (Wildman–Crippen MR) is 92.8 cm³/mol. The number of benzene rings is 1. The molecule has 0 unspecified atom stereocenters. The summed E-state index contributed by atoms with van der Waals surface area (Å²) in [4.78, 5) is 29.1. The fraction of sp³-hybridized carbons (Fsp3) is 0.412. The standard InChI is InChI=1S/C17H23N5O3/c1-5-15-20-16(25-21-15)10-22(4)17(24)18-11(2)13-7-6-8-14(9-13)19-12(3)23/h6-9,11H,5,10H2,1-4H3,(H,18,24)(H,19,23)/t11-/m0/s1. The zero-order valence-corrected chi connectivity index (χ0v) is 14.9. The number of amides is 3. The van der Waals surface area contributed by atoms with Gasteiger partial charge in [-0.1, -0.05) is 24.2 Å². The van der Waals surface area contributed by atoms with E-state index in [1.165, 1.54) is 11.8 Å². The van der Waals surface area contributed by atoms with Gasteiger partial charge in [-0.3, -0.25) is 4.79 Å². The van der Waals surface area contributed by atoms with Gasteiger partial charge in [0.25, 0.3) is 0 Å². The van der Waals surface area contributed by atoms with Gasteiger partial charge in [0.15, 0.2) is 5.82 Å². The molecule has 2 aromatic rings. The van der Waals surface area contributed by atoms with Gasteiger partial charge in [0.05, 0.1) is 6.04 Å². The molecule has 1 aromatic carbocycles. The van der Waals surface area contributed by atoms with Crippen LogP contribution in [0.15, 0.2) is 28.8 Å². The normalized spacial score (nSPS) is 11.7. The number of carbonyl (C=O) groups is 2. The Balaban J connectivity index is 1.95. The van der Waals surface area contributed by atoms with Crippen molar-refractivity contribution < 1.29 is 14.1 Å². The Labute approximate surface area is 146 Å². The van der Waals surface area contributed by atoms with Gasteiger partial charge in [-0.25, -0.2) is 4.79 Å². The number of aryl methyl sites for hydroxylation is 1. The number of aromatic nitrogens is 2. The van der Waals surface area contributed by atoms with E-state index in [2.05, 4.69) is 20.8 Å². The second-order valence-electron chi connectivity index (χ2n) is 5.79. The van der Waals surface area contributed by atoms with Crippen molar-refractivity contribution >= 4 is 17.6 Å². The van der Waals surface area contributed by atoms with Crippen LogP contribution < -0.4 is 10.6 Å². The maximum absolute atomic E-state index is 12.3. The quantitative estimate of drug-likeness (QED) is 0.838. The highest BCUT2D eigenvalue weighted by atomic mass is 16.5. The summed E-state index contributed by atoms with van der Waals surface area (Å²) in [6.07, 6.45) is 0.682. The molecular weight excluding hydrogens is 322 g/mol. The molecule has 0 radical (unpaired) electrons. The third-order valence-corrected chi connectivity index (χ3v) is 3.59. The Bertz CT molecular complexity index is 743. The lowest BCUT2D eigenvalue weighted by atomic mass is 10.1. The SMILES string of the molecule is CCc1noc(CN(C)C(=O)N[C@@H](C)c2cccc(NC(C)=O)c2)n1. The Morgan fingerprint density at radius 2 is 2.12 bits per heavy atom. The van der Waals surface area contributed by atoms with E-state index in [1.54, 1.807) is 13.1 Å².